The van der Waals surface area contributed by atoms with Gasteiger partial charge in [0.05, 0.1) is 11.5 Å². The van der Waals surface area contributed by atoms with E-state index in [4.69, 9.17) is 24.9 Å². The molecule has 0 radical (unpaired) electrons. The fourth-order valence-corrected chi connectivity index (χ4v) is 11.4. The van der Waals surface area contributed by atoms with Crippen molar-refractivity contribution in [2.75, 3.05) is 4.90 Å². The van der Waals surface area contributed by atoms with Gasteiger partial charge in [0.1, 0.15) is 0 Å². The zero-order valence-electron chi connectivity index (χ0n) is 47.2. The summed E-state index contributed by atoms with van der Waals surface area (Å²) >= 11 is 0. The molecule has 0 spiro atoms. The first-order valence-electron chi connectivity index (χ1n) is 28.4. The molecule has 0 fully saturated rings. The van der Waals surface area contributed by atoms with Gasteiger partial charge in [-0.25, -0.2) is 0 Å². The van der Waals surface area contributed by atoms with Crippen LogP contribution in [0, 0.1) is 32.0 Å². The predicted molar refractivity (Wildman–Crippen MR) is 348 cm³/mol. The van der Waals surface area contributed by atoms with Crippen molar-refractivity contribution in [3.63, 3.8) is 0 Å². The third kappa shape index (κ3) is 11.2. The first-order valence-corrected chi connectivity index (χ1v) is 28.4. The summed E-state index contributed by atoms with van der Waals surface area (Å²) in [5.74, 6) is 0.571. The maximum atomic E-state index is 5.08. The number of hydrogen-bond donors (Lipinski definition) is 0. The van der Waals surface area contributed by atoms with E-state index in [9.17, 15) is 0 Å². The Labute approximate surface area is 515 Å². The van der Waals surface area contributed by atoms with Crippen LogP contribution in [0.4, 0.5) is 17.1 Å². The molecule has 10 aromatic carbocycles. The van der Waals surface area contributed by atoms with Crippen LogP contribution >= 0.6 is 0 Å². The summed E-state index contributed by atoms with van der Waals surface area (Å²) in [6.07, 6.45) is 9.71. The normalized spacial score (nSPS) is 11.0. The number of anilines is 3. The van der Waals surface area contributed by atoms with Gasteiger partial charge < -0.3 is 14.9 Å². The summed E-state index contributed by atoms with van der Waals surface area (Å²) in [5.41, 5.74) is 24.3. The minimum atomic E-state index is 0. The Hall–Kier alpha value is -10.6. The monoisotopic (exact) mass is 1280 g/mol. The SMILES string of the molecule is Cc1cc[c-]c(-c2ccc(-c3ccccc3-c3cc(-c4ccccc4-c4ccc(-c5[c-]ccc(C)c5)nc4)cc(-c4ccccc4-c4cnc(-c5[c-]ccc(N(c6ccccc6)c6cccc(-c7nccc8ccccc78)c6)c5)nc4)c3)cn2)c1.[Ir+3]. The summed E-state index contributed by atoms with van der Waals surface area (Å²) in [6, 6.07) is 99.3. The third-order valence-electron chi connectivity index (χ3n) is 15.6. The van der Waals surface area contributed by atoms with Crippen LogP contribution in [0.3, 0.4) is 0 Å². The average Bonchev–Trinajstić information content (AvgIpc) is 1.71. The molecule has 0 bridgehead atoms. The first-order chi connectivity index (χ1) is 41.9. The summed E-state index contributed by atoms with van der Waals surface area (Å²) in [6.45, 7) is 4.19. The fourth-order valence-electron chi connectivity index (χ4n) is 11.4. The van der Waals surface area contributed by atoms with Crippen molar-refractivity contribution in [3.8, 4) is 112 Å². The second kappa shape index (κ2) is 24.3. The van der Waals surface area contributed by atoms with Gasteiger partial charge in [0, 0.05) is 58.9 Å². The van der Waals surface area contributed by atoms with E-state index in [0.29, 0.717) is 5.82 Å². The van der Waals surface area contributed by atoms with Crippen molar-refractivity contribution in [2.24, 2.45) is 0 Å². The van der Waals surface area contributed by atoms with Crippen LogP contribution in [0.2, 0.25) is 0 Å². The summed E-state index contributed by atoms with van der Waals surface area (Å²) in [7, 11) is 0. The van der Waals surface area contributed by atoms with E-state index in [-0.39, 0.29) is 20.1 Å². The molecule has 0 aliphatic rings. The van der Waals surface area contributed by atoms with Crippen LogP contribution in [0.1, 0.15) is 11.1 Å². The number of pyridine rings is 3. The molecule has 408 valence electrons. The zero-order valence-corrected chi connectivity index (χ0v) is 49.5. The van der Waals surface area contributed by atoms with E-state index in [1.165, 1.54) is 11.1 Å². The zero-order chi connectivity index (χ0) is 57.1. The maximum absolute atomic E-state index is 5.08. The van der Waals surface area contributed by atoms with E-state index in [0.717, 1.165) is 134 Å². The molecule has 4 heterocycles. The molecule has 4 aromatic heterocycles. The van der Waals surface area contributed by atoms with Gasteiger partial charge in [0.15, 0.2) is 0 Å². The van der Waals surface area contributed by atoms with E-state index < -0.39 is 0 Å². The molecule has 14 aromatic rings. The Bertz CT molecular complexity index is 4580. The van der Waals surface area contributed by atoms with Gasteiger partial charge in [-0.1, -0.05) is 166 Å². The number of aromatic nitrogens is 5. The van der Waals surface area contributed by atoms with E-state index in [2.05, 4.69) is 267 Å². The molecule has 6 nitrogen and oxygen atoms in total. The smallest absolute Gasteiger partial charge is 0.328 e. The number of para-hydroxylation sites is 1. The second-order valence-corrected chi connectivity index (χ2v) is 21.2. The van der Waals surface area contributed by atoms with Crippen LogP contribution in [-0.4, -0.2) is 24.9 Å². The van der Waals surface area contributed by atoms with Gasteiger partial charge in [-0.2, -0.15) is 0 Å². The average molecular weight is 1280 g/mol. The number of fused-ring (bicyclic) bond motifs is 1. The molecule has 0 amide bonds. The first kappa shape index (κ1) is 54.7. The number of aryl methyl sites for hydroxylation is 2. The molecule has 0 saturated carbocycles. The molecular weight excluding hydrogens is 1230 g/mol. The molecule has 86 heavy (non-hydrogen) atoms. The van der Waals surface area contributed by atoms with E-state index >= 15 is 0 Å². The minimum Gasteiger partial charge on any atom is -0.328 e. The standard InChI is InChI=1S/C79H53N6.Ir/c1-53-18-14-21-56(42-53)76-38-36-60(49-81-76)69-29-8-10-31-71(69)62-44-63(72-32-11-9-30-70(72)61-37-39-77(82-50-61)57-22-15-19-54(2)43-57)46-64(45-62)73-33-12-13-34-74(73)65-51-83-79(84-52-65)59-24-17-28-68(48-59)85(66-25-4-3-5-26-66)67-27-16-23-58(47-67)78-75-35-7-6-20-55(75)40-41-80-78;/h3-20,23,25-52H,1-2H3;/q-3;+3. The molecular formula is C79H53IrN6. The Balaban J connectivity index is 0.00000686. The van der Waals surface area contributed by atoms with Crippen molar-refractivity contribution < 1.29 is 20.1 Å². The Morgan fingerprint density at radius 1 is 0.314 bits per heavy atom. The summed E-state index contributed by atoms with van der Waals surface area (Å²) < 4.78 is 0. The van der Waals surface area contributed by atoms with E-state index in [1.807, 2.05) is 55.2 Å². The molecule has 0 unspecified atom stereocenters. The number of benzene rings is 10. The topological polar surface area (TPSA) is 67.7 Å². The van der Waals surface area contributed by atoms with Gasteiger partial charge in [-0.15, -0.1) is 101 Å². The summed E-state index contributed by atoms with van der Waals surface area (Å²) in [4.78, 5) is 27.2. The molecule has 0 aliphatic heterocycles. The van der Waals surface area contributed by atoms with Crippen molar-refractivity contribution >= 4 is 27.8 Å². The van der Waals surface area contributed by atoms with Crippen molar-refractivity contribution in [3.05, 3.63) is 315 Å². The number of nitrogens with zero attached hydrogens (tertiary/aromatic N) is 6. The van der Waals surface area contributed by atoms with Crippen molar-refractivity contribution in [2.45, 2.75) is 13.8 Å². The van der Waals surface area contributed by atoms with Gasteiger partial charge in [0.25, 0.3) is 0 Å². The van der Waals surface area contributed by atoms with Gasteiger partial charge in [-0.3, -0.25) is 15.0 Å². The largest absolute Gasteiger partial charge is 3.00 e. The van der Waals surface area contributed by atoms with Gasteiger partial charge in [-0.05, 0) is 132 Å². The van der Waals surface area contributed by atoms with Crippen molar-refractivity contribution in [1.29, 1.82) is 0 Å². The molecule has 0 saturated heterocycles. The molecule has 14 rings (SSSR count). The fraction of sp³-hybridized carbons (Fsp3) is 0.0253. The van der Waals surface area contributed by atoms with E-state index in [1.54, 1.807) is 0 Å². The number of rotatable bonds is 13. The predicted octanol–water partition coefficient (Wildman–Crippen LogP) is 20.0. The van der Waals surface area contributed by atoms with Crippen LogP contribution < -0.4 is 4.90 Å². The van der Waals surface area contributed by atoms with Gasteiger partial charge in [0.2, 0.25) is 0 Å². The molecule has 7 heteroatoms. The molecule has 0 atom stereocenters. The van der Waals surface area contributed by atoms with Crippen LogP contribution in [0.15, 0.2) is 286 Å². The van der Waals surface area contributed by atoms with Gasteiger partial charge >= 0.3 is 20.1 Å². The van der Waals surface area contributed by atoms with Crippen molar-refractivity contribution in [1.82, 2.24) is 24.9 Å². The third-order valence-corrected chi connectivity index (χ3v) is 15.6. The Morgan fingerprint density at radius 2 is 0.779 bits per heavy atom. The van der Waals surface area contributed by atoms with Crippen LogP contribution in [-0.2, 0) is 20.1 Å². The molecule has 0 aliphatic carbocycles. The minimum absolute atomic E-state index is 0. The summed E-state index contributed by atoms with van der Waals surface area (Å²) in [5, 5.41) is 2.26. The van der Waals surface area contributed by atoms with Crippen LogP contribution in [0.25, 0.3) is 123 Å². The Kier molecular flexibility index (Phi) is 15.5. The Morgan fingerprint density at radius 3 is 1.33 bits per heavy atom. The molecule has 0 N–H and O–H groups in total. The second-order valence-electron chi connectivity index (χ2n) is 21.2. The van der Waals surface area contributed by atoms with Crippen LogP contribution in [0.5, 0.6) is 0 Å². The number of hydrogen-bond acceptors (Lipinski definition) is 6. The maximum Gasteiger partial charge on any atom is 3.00 e. The quantitative estimate of drug-likeness (QED) is 0.107.